The number of amides is 2. The van der Waals surface area contributed by atoms with E-state index in [1.807, 2.05) is 38.1 Å². The Hall–Kier alpha value is -4.05. The van der Waals surface area contributed by atoms with Crippen LogP contribution in [-0.4, -0.2) is 58.0 Å². The molecule has 1 fully saturated rings. The molecular formula is C33H41N3O6S. The number of benzene rings is 3. The minimum Gasteiger partial charge on any atom is -0.493 e. The molecule has 1 aliphatic rings. The van der Waals surface area contributed by atoms with Gasteiger partial charge in [0.25, 0.3) is 10.0 Å². The minimum atomic E-state index is -4.24. The first-order valence-corrected chi connectivity index (χ1v) is 16.1. The molecule has 9 nitrogen and oxygen atoms in total. The van der Waals surface area contributed by atoms with Crippen LogP contribution < -0.4 is 19.1 Å². The van der Waals surface area contributed by atoms with E-state index in [9.17, 15) is 18.0 Å². The first kappa shape index (κ1) is 31.9. The van der Waals surface area contributed by atoms with E-state index < -0.39 is 28.5 Å². The summed E-state index contributed by atoms with van der Waals surface area (Å²) in [6.45, 7) is 3.49. The lowest BCUT2D eigenvalue weighted by molar-refractivity contribution is -0.140. The highest BCUT2D eigenvalue weighted by atomic mass is 32.2. The SMILES string of the molecule is CC[C@H](C(=O)NC1CCCC1)N(Cc1cccc(C)c1)C(=O)CN(c1ccccc1)S(=O)(=O)c1ccc(OC)c(OC)c1. The minimum absolute atomic E-state index is 0.0574. The molecule has 3 aromatic rings. The number of rotatable bonds is 13. The fourth-order valence-electron chi connectivity index (χ4n) is 5.52. The van der Waals surface area contributed by atoms with E-state index in [-0.39, 0.29) is 29.1 Å². The van der Waals surface area contributed by atoms with Crippen molar-refractivity contribution >= 4 is 27.5 Å². The molecule has 0 saturated heterocycles. The van der Waals surface area contributed by atoms with E-state index in [1.54, 1.807) is 30.3 Å². The predicted octanol–water partition coefficient (Wildman–Crippen LogP) is 5.07. The van der Waals surface area contributed by atoms with E-state index in [0.717, 1.165) is 41.1 Å². The molecule has 1 saturated carbocycles. The highest BCUT2D eigenvalue weighted by Crippen LogP contribution is 2.32. The van der Waals surface area contributed by atoms with Gasteiger partial charge in [0.2, 0.25) is 11.8 Å². The fraction of sp³-hybridized carbons (Fsp3) is 0.394. The predicted molar refractivity (Wildman–Crippen MR) is 167 cm³/mol. The molecule has 1 aliphatic carbocycles. The summed E-state index contributed by atoms with van der Waals surface area (Å²) in [6, 6.07) is 19.9. The molecule has 3 aromatic carbocycles. The normalized spacial score (nSPS) is 14.1. The van der Waals surface area contributed by atoms with Crippen LogP contribution >= 0.6 is 0 Å². The Morgan fingerprint density at radius 2 is 1.63 bits per heavy atom. The van der Waals surface area contributed by atoms with E-state index in [2.05, 4.69) is 5.32 Å². The Bertz CT molecular complexity index is 1510. The van der Waals surface area contributed by atoms with Crippen molar-refractivity contribution < 1.29 is 27.5 Å². The van der Waals surface area contributed by atoms with Crippen molar-refractivity contribution in [2.24, 2.45) is 0 Å². The van der Waals surface area contributed by atoms with Gasteiger partial charge in [-0.05, 0) is 56.0 Å². The zero-order valence-electron chi connectivity index (χ0n) is 25.3. The van der Waals surface area contributed by atoms with Crippen LogP contribution in [0.1, 0.15) is 50.2 Å². The maximum absolute atomic E-state index is 14.3. The topological polar surface area (TPSA) is 105 Å². The van der Waals surface area contributed by atoms with Crippen molar-refractivity contribution in [1.29, 1.82) is 0 Å². The second kappa shape index (κ2) is 14.4. The highest BCUT2D eigenvalue weighted by molar-refractivity contribution is 7.92. The van der Waals surface area contributed by atoms with Crippen LogP contribution in [0.4, 0.5) is 5.69 Å². The summed E-state index contributed by atoms with van der Waals surface area (Å²) in [5.41, 5.74) is 2.20. The lowest BCUT2D eigenvalue weighted by atomic mass is 10.1. The molecule has 0 heterocycles. The molecule has 230 valence electrons. The van der Waals surface area contributed by atoms with Crippen LogP contribution in [0.25, 0.3) is 0 Å². The largest absolute Gasteiger partial charge is 0.493 e. The van der Waals surface area contributed by atoms with Gasteiger partial charge in [0, 0.05) is 18.7 Å². The summed E-state index contributed by atoms with van der Waals surface area (Å²) in [4.78, 5) is 29.3. The van der Waals surface area contributed by atoms with Crippen molar-refractivity contribution in [3.63, 3.8) is 0 Å². The number of ether oxygens (including phenoxy) is 2. The number of anilines is 1. The Morgan fingerprint density at radius 1 is 0.930 bits per heavy atom. The summed E-state index contributed by atoms with van der Waals surface area (Å²) in [7, 11) is -1.34. The first-order valence-electron chi connectivity index (χ1n) is 14.6. The van der Waals surface area contributed by atoms with Crippen LogP contribution in [0.3, 0.4) is 0 Å². The molecule has 0 unspecified atom stereocenters. The molecule has 0 aromatic heterocycles. The average molecular weight is 608 g/mol. The fourth-order valence-corrected chi connectivity index (χ4v) is 6.95. The number of methoxy groups -OCH3 is 2. The summed E-state index contributed by atoms with van der Waals surface area (Å²) in [6.07, 6.45) is 4.34. The summed E-state index contributed by atoms with van der Waals surface area (Å²) < 4.78 is 40.0. The van der Waals surface area contributed by atoms with Gasteiger partial charge in [-0.25, -0.2) is 8.42 Å². The van der Waals surface area contributed by atoms with Gasteiger partial charge >= 0.3 is 0 Å². The van der Waals surface area contributed by atoms with Gasteiger partial charge < -0.3 is 19.7 Å². The van der Waals surface area contributed by atoms with Crippen LogP contribution in [0.2, 0.25) is 0 Å². The smallest absolute Gasteiger partial charge is 0.264 e. The number of carbonyl (C=O) groups excluding carboxylic acids is 2. The molecule has 2 amide bonds. The van der Waals surface area contributed by atoms with E-state index in [4.69, 9.17) is 9.47 Å². The van der Waals surface area contributed by atoms with Gasteiger partial charge in [0.1, 0.15) is 12.6 Å². The van der Waals surface area contributed by atoms with Crippen LogP contribution in [0, 0.1) is 6.92 Å². The third-order valence-corrected chi connectivity index (χ3v) is 9.56. The van der Waals surface area contributed by atoms with Gasteiger partial charge in [-0.2, -0.15) is 0 Å². The number of hydrogen-bond acceptors (Lipinski definition) is 6. The van der Waals surface area contributed by atoms with Crippen LogP contribution in [0.15, 0.2) is 77.7 Å². The molecule has 10 heteroatoms. The Balaban J connectivity index is 1.72. The number of nitrogens with one attached hydrogen (secondary N) is 1. The number of carbonyl (C=O) groups is 2. The van der Waals surface area contributed by atoms with Gasteiger partial charge in [-0.3, -0.25) is 13.9 Å². The van der Waals surface area contributed by atoms with Crippen molar-refractivity contribution in [3.05, 3.63) is 83.9 Å². The number of para-hydroxylation sites is 1. The lowest BCUT2D eigenvalue weighted by Crippen LogP contribution is -2.53. The molecular weight excluding hydrogens is 566 g/mol. The van der Waals surface area contributed by atoms with Gasteiger partial charge in [-0.1, -0.05) is 67.8 Å². The number of hydrogen-bond donors (Lipinski definition) is 1. The maximum atomic E-state index is 14.3. The zero-order chi connectivity index (χ0) is 31.0. The monoisotopic (exact) mass is 607 g/mol. The Kier molecular flexibility index (Phi) is 10.7. The lowest BCUT2D eigenvalue weighted by Gasteiger charge is -2.34. The highest BCUT2D eigenvalue weighted by Gasteiger charge is 2.35. The number of sulfonamides is 1. The first-order chi connectivity index (χ1) is 20.7. The summed E-state index contributed by atoms with van der Waals surface area (Å²) >= 11 is 0. The summed E-state index contributed by atoms with van der Waals surface area (Å²) in [5.74, 6) is -0.0713. The zero-order valence-corrected chi connectivity index (χ0v) is 26.1. The molecule has 0 radical (unpaired) electrons. The number of nitrogens with zero attached hydrogens (tertiary/aromatic N) is 2. The van der Waals surface area contributed by atoms with Crippen molar-refractivity contribution in [1.82, 2.24) is 10.2 Å². The van der Waals surface area contributed by atoms with Crippen molar-refractivity contribution in [2.75, 3.05) is 25.1 Å². The van der Waals surface area contributed by atoms with Gasteiger partial charge in [-0.15, -0.1) is 0 Å². The average Bonchev–Trinajstić information content (AvgIpc) is 3.52. The van der Waals surface area contributed by atoms with E-state index >= 15 is 0 Å². The molecule has 1 N–H and O–H groups in total. The second-order valence-corrected chi connectivity index (χ2v) is 12.7. The molecule has 43 heavy (non-hydrogen) atoms. The van der Waals surface area contributed by atoms with E-state index in [1.165, 1.54) is 37.3 Å². The molecule has 0 spiro atoms. The quantitative estimate of drug-likeness (QED) is 0.291. The molecule has 0 bridgehead atoms. The van der Waals surface area contributed by atoms with Gasteiger partial charge in [0.05, 0.1) is 24.8 Å². The summed E-state index contributed by atoms with van der Waals surface area (Å²) in [5, 5.41) is 3.14. The molecule has 1 atom stereocenters. The Morgan fingerprint density at radius 3 is 2.26 bits per heavy atom. The third kappa shape index (κ3) is 7.67. The Labute approximate surface area is 254 Å². The van der Waals surface area contributed by atoms with E-state index in [0.29, 0.717) is 17.9 Å². The second-order valence-electron chi connectivity index (χ2n) is 10.8. The molecule has 4 rings (SSSR count). The number of aryl methyl sites for hydroxylation is 1. The standard InChI is InChI=1S/C33H41N3O6S/c1-5-29(33(38)34-26-14-9-10-15-26)35(22-25-13-11-12-24(2)20-25)32(37)23-36(27-16-7-6-8-17-27)43(39,40)28-18-19-30(41-3)31(21-28)42-4/h6-8,11-13,16-21,26,29H,5,9-10,14-15,22-23H2,1-4H3,(H,34,38)/t29-/m1/s1. The van der Waals surface area contributed by atoms with Crippen molar-refractivity contribution in [2.45, 2.75) is 69.5 Å². The van der Waals surface area contributed by atoms with Gasteiger partial charge in [0.15, 0.2) is 11.5 Å². The maximum Gasteiger partial charge on any atom is 0.264 e. The van der Waals surface area contributed by atoms with Crippen molar-refractivity contribution in [3.8, 4) is 11.5 Å². The van der Waals surface area contributed by atoms with Crippen LogP contribution in [-0.2, 0) is 26.2 Å². The third-order valence-electron chi connectivity index (χ3n) is 7.79. The molecule has 0 aliphatic heterocycles. The van der Waals surface area contributed by atoms with Crippen LogP contribution in [0.5, 0.6) is 11.5 Å².